The highest BCUT2D eigenvalue weighted by molar-refractivity contribution is 7.93. The van der Waals surface area contributed by atoms with Gasteiger partial charge in [0, 0.05) is 0 Å². The van der Waals surface area contributed by atoms with Gasteiger partial charge in [-0.1, -0.05) is 30.3 Å². The zero-order valence-electron chi connectivity index (χ0n) is 13.4. The van der Waals surface area contributed by atoms with Crippen molar-refractivity contribution < 1.29 is 12.8 Å². The summed E-state index contributed by atoms with van der Waals surface area (Å²) in [4.78, 5) is 12.3. The van der Waals surface area contributed by atoms with Gasteiger partial charge in [-0.15, -0.1) is 0 Å². The van der Waals surface area contributed by atoms with Crippen molar-refractivity contribution in [1.29, 1.82) is 0 Å². The molecular formula is C17H13N5O3S. The van der Waals surface area contributed by atoms with Crippen molar-refractivity contribution in [2.24, 2.45) is 0 Å². The molecule has 4 rings (SSSR count). The van der Waals surface area contributed by atoms with E-state index in [2.05, 4.69) is 15.0 Å². The van der Waals surface area contributed by atoms with Crippen LogP contribution in [0.5, 0.6) is 0 Å². The lowest BCUT2D eigenvalue weighted by Crippen LogP contribution is -2.09. The zero-order chi connectivity index (χ0) is 18.1. The van der Waals surface area contributed by atoms with E-state index in [1.807, 2.05) is 18.2 Å². The molecule has 3 aromatic heterocycles. The van der Waals surface area contributed by atoms with Crippen LogP contribution in [0.1, 0.15) is 5.56 Å². The summed E-state index contributed by atoms with van der Waals surface area (Å²) in [5.41, 5.74) is 7.20. The largest absolute Gasteiger partial charge is 0.463 e. The Morgan fingerprint density at radius 1 is 1.08 bits per heavy atom. The third kappa shape index (κ3) is 2.84. The fraction of sp³-hybridized carbons (Fsp3) is 0. The highest BCUT2D eigenvalue weighted by Gasteiger charge is 2.20. The number of furan rings is 1. The van der Waals surface area contributed by atoms with Crippen molar-refractivity contribution in [2.45, 2.75) is 0 Å². The number of nitrogens with zero attached hydrogens (tertiary/aromatic N) is 4. The Bertz CT molecular complexity index is 1200. The van der Waals surface area contributed by atoms with E-state index in [0.29, 0.717) is 11.5 Å². The van der Waals surface area contributed by atoms with Gasteiger partial charge in [-0.05, 0) is 23.8 Å². The highest BCUT2D eigenvalue weighted by Crippen LogP contribution is 2.27. The summed E-state index contributed by atoms with van der Waals surface area (Å²) in [6.45, 7) is 0. The Balaban J connectivity index is 1.84. The molecule has 0 fully saturated rings. The maximum atomic E-state index is 12.7. The number of benzene rings is 1. The fourth-order valence-corrected chi connectivity index (χ4v) is 3.47. The molecule has 9 heteroatoms. The van der Waals surface area contributed by atoms with Crippen molar-refractivity contribution in [3.05, 3.63) is 66.0 Å². The van der Waals surface area contributed by atoms with Crippen molar-refractivity contribution in [2.75, 3.05) is 5.73 Å². The lowest BCUT2D eigenvalue weighted by atomic mass is 10.2. The fourth-order valence-electron chi connectivity index (χ4n) is 2.46. The number of imidazole rings is 1. The summed E-state index contributed by atoms with van der Waals surface area (Å²) in [7, 11) is -3.85. The Labute approximate surface area is 148 Å². The molecule has 0 aliphatic heterocycles. The first-order valence-electron chi connectivity index (χ1n) is 7.58. The second-order valence-electron chi connectivity index (χ2n) is 5.38. The number of rotatable bonds is 4. The van der Waals surface area contributed by atoms with E-state index < -0.39 is 10.0 Å². The third-order valence-corrected chi connectivity index (χ3v) is 4.94. The van der Waals surface area contributed by atoms with Gasteiger partial charge in [-0.25, -0.2) is 22.4 Å². The molecule has 8 nitrogen and oxygen atoms in total. The molecule has 130 valence electrons. The van der Waals surface area contributed by atoms with Crippen LogP contribution < -0.4 is 5.73 Å². The molecule has 0 amide bonds. The summed E-state index contributed by atoms with van der Waals surface area (Å²) in [6, 6.07) is 12.5. The van der Waals surface area contributed by atoms with E-state index in [1.54, 1.807) is 24.3 Å². The maximum absolute atomic E-state index is 12.7. The Morgan fingerprint density at radius 3 is 2.62 bits per heavy atom. The Morgan fingerprint density at radius 2 is 1.88 bits per heavy atom. The molecule has 0 radical (unpaired) electrons. The number of nitrogens with two attached hydrogens (primary N) is 1. The first-order chi connectivity index (χ1) is 12.5. The molecule has 2 N–H and O–H groups in total. The van der Waals surface area contributed by atoms with Gasteiger partial charge in [-0.2, -0.15) is 4.98 Å². The van der Waals surface area contributed by atoms with E-state index in [4.69, 9.17) is 10.2 Å². The third-order valence-electron chi connectivity index (χ3n) is 3.64. The van der Waals surface area contributed by atoms with E-state index in [1.165, 1.54) is 18.7 Å². The maximum Gasteiger partial charge on any atom is 0.263 e. The summed E-state index contributed by atoms with van der Waals surface area (Å²) in [5.74, 6) is 0.347. The number of hydrogen-bond donors (Lipinski definition) is 1. The van der Waals surface area contributed by atoms with Crippen LogP contribution in [0.15, 0.2) is 64.9 Å². The molecule has 0 saturated carbocycles. The number of nitrogen functional groups attached to an aromatic ring is 1. The minimum absolute atomic E-state index is 0.0760. The summed E-state index contributed by atoms with van der Waals surface area (Å²) in [6.07, 6.45) is 4.16. The van der Waals surface area contributed by atoms with Gasteiger partial charge in [0.15, 0.2) is 11.4 Å². The first kappa shape index (κ1) is 16.0. The smallest absolute Gasteiger partial charge is 0.263 e. The van der Waals surface area contributed by atoms with Crippen LogP contribution in [0.2, 0.25) is 0 Å². The molecule has 0 aliphatic carbocycles. The van der Waals surface area contributed by atoms with Gasteiger partial charge in [0.25, 0.3) is 10.0 Å². The van der Waals surface area contributed by atoms with E-state index in [-0.39, 0.29) is 17.1 Å². The minimum atomic E-state index is -3.85. The van der Waals surface area contributed by atoms with Crippen LogP contribution in [0.4, 0.5) is 5.95 Å². The number of aromatic nitrogens is 4. The molecule has 26 heavy (non-hydrogen) atoms. The lowest BCUT2D eigenvalue weighted by molar-refractivity contribution is 0.580. The molecule has 0 aliphatic rings. The monoisotopic (exact) mass is 367 g/mol. The quantitative estimate of drug-likeness (QED) is 0.589. The number of hydrogen-bond acceptors (Lipinski definition) is 7. The van der Waals surface area contributed by atoms with Gasteiger partial charge >= 0.3 is 0 Å². The van der Waals surface area contributed by atoms with E-state index >= 15 is 0 Å². The summed E-state index contributed by atoms with van der Waals surface area (Å²) < 4.78 is 31.7. The second kappa shape index (κ2) is 6.12. The van der Waals surface area contributed by atoms with E-state index in [9.17, 15) is 8.42 Å². The average molecular weight is 367 g/mol. The molecule has 0 saturated heterocycles. The van der Waals surface area contributed by atoms with Crippen molar-refractivity contribution in [3.8, 4) is 11.5 Å². The zero-order valence-corrected chi connectivity index (χ0v) is 14.2. The summed E-state index contributed by atoms with van der Waals surface area (Å²) >= 11 is 0. The van der Waals surface area contributed by atoms with E-state index in [0.717, 1.165) is 14.9 Å². The molecule has 4 aromatic rings. The molecule has 1 aromatic carbocycles. The molecule has 0 atom stereocenters. The topological polar surface area (TPSA) is 117 Å². The summed E-state index contributed by atoms with van der Waals surface area (Å²) in [5, 5.41) is 1.09. The highest BCUT2D eigenvalue weighted by atomic mass is 32.2. The SMILES string of the molecule is Nc1nc(-c2ccco2)c2ncn(S(=O)(=O)C=Cc3ccccc3)c2n1. The van der Waals surface area contributed by atoms with Crippen molar-refractivity contribution in [1.82, 2.24) is 18.9 Å². The number of anilines is 1. The molecule has 0 spiro atoms. The number of fused-ring (bicyclic) bond motifs is 1. The Hall–Kier alpha value is -3.46. The standard InChI is InChI=1S/C17H13N5O3S/c18-17-20-14(13-7-4-9-25-13)15-16(21-17)22(11-19-15)26(23,24)10-8-12-5-2-1-3-6-12/h1-11H,(H2,18,20,21). The van der Waals surface area contributed by atoms with Gasteiger partial charge in [0.1, 0.15) is 17.5 Å². The van der Waals surface area contributed by atoms with Crippen LogP contribution in [0.25, 0.3) is 28.7 Å². The molecule has 0 unspecified atom stereocenters. The van der Waals surface area contributed by atoms with Crippen LogP contribution in [-0.4, -0.2) is 27.3 Å². The van der Waals surface area contributed by atoms with Crippen LogP contribution in [0.3, 0.4) is 0 Å². The molecule has 0 bridgehead atoms. The van der Waals surface area contributed by atoms with Crippen molar-refractivity contribution >= 4 is 33.2 Å². The molecule has 3 heterocycles. The first-order valence-corrected chi connectivity index (χ1v) is 9.08. The predicted molar refractivity (Wildman–Crippen MR) is 97.2 cm³/mol. The van der Waals surface area contributed by atoms with Gasteiger partial charge in [0.2, 0.25) is 5.95 Å². The van der Waals surface area contributed by atoms with Crippen LogP contribution in [-0.2, 0) is 10.0 Å². The van der Waals surface area contributed by atoms with Gasteiger partial charge in [0.05, 0.1) is 11.7 Å². The molecular weight excluding hydrogens is 354 g/mol. The van der Waals surface area contributed by atoms with Gasteiger partial charge < -0.3 is 10.2 Å². The Kier molecular flexibility index (Phi) is 3.77. The second-order valence-corrected chi connectivity index (χ2v) is 7.07. The minimum Gasteiger partial charge on any atom is -0.463 e. The van der Waals surface area contributed by atoms with Crippen LogP contribution >= 0.6 is 0 Å². The van der Waals surface area contributed by atoms with Crippen molar-refractivity contribution in [3.63, 3.8) is 0 Å². The lowest BCUT2D eigenvalue weighted by Gasteiger charge is -2.03. The van der Waals surface area contributed by atoms with Gasteiger partial charge in [-0.3, -0.25) is 0 Å². The normalized spacial score (nSPS) is 12.2. The average Bonchev–Trinajstić information content (AvgIpc) is 3.30. The predicted octanol–water partition coefficient (Wildman–Crippen LogP) is 2.52. The van der Waals surface area contributed by atoms with Crippen LogP contribution in [0, 0.1) is 0 Å².